The Hall–Kier alpha value is -5.58. The number of hydrogen-bond donors (Lipinski definition) is 1. The summed E-state index contributed by atoms with van der Waals surface area (Å²) in [4.78, 5) is 0. The molecule has 0 radical (unpaired) electrons. The number of nitrogens with one attached hydrogen (secondary N) is 1. The molecule has 0 fully saturated rings. The third kappa shape index (κ3) is 5.02. The van der Waals surface area contributed by atoms with Gasteiger partial charge in [0.1, 0.15) is 0 Å². The number of anilines is 2. The molecule has 3 heterocycles. The molecule has 2 aliphatic rings. The lowest BCUT2D eigenvalue weighted by Crippen LogP contribution is -2.38. The van der Waals surface area contributed by atoms with Gasteiger partial charge in [-0.1, -0.05) is 146 Å². The second-order valence-corrected chi connectivity index (χ2v) is 20.2. The van der Waals surface area contributed by atoms with Gasteiger partial charge in [-0.3, -0.25) is 0 Å². The monoisotopic (exact) mass is 754 g/mol. The highest BCUT2D eigenvalue weighted by molar-refractivity contribution is 7.25. The molecule has 4 heteroatoms. The first-order chi connectivity index (χ1) is 27.3. The average molecular weight is 755 g/mol. The second-order valence-electron chi connectivity index (χ2n) is 19.1. The number of rotatable bonds is 3. The van der Waals surface area contributed by atoms with Crippen molar-refractivity contribution in [3.63, 3.8) is 0 Å². The minimum atomic E-state index is -0.0671. The Labute approximate surface area is 340 Å². The maximum absolute atomic E-state index is 3.95. The Kier molecular flexibility index (Phi) is 7.14. The number of aromatic nitrogens is 1. The van der Waals surface area contributed by atoms with Crippen LogP contribution in [0.3, 0.4) is 0 Å². The topological polar surface area (TPSA) is 17.0 Å². The predicted molar refractivity (Wildman–Crippen MR) is 250 cm³/mol. The minimum absolute atomic E-state index is 0.0465. The van der Waals surface area contributed by atoms with E-state index in [4.69, 9.17) is 0 Å². The molecule has 2 nitrogen and oxygen atoms in total. The van der Waals surface area contributed by atoms with Gasteiger partial charge in [0.05, 0.1) is 5.52 Å². The Morgan fingerprint density at radius 2 is 1.33 bits per heavy atom. The third-order valence-electron chi connectivity index (χ3n) is 13.1. The SMILES string of the molecule is CC(C)(C)c1ccc(Nc2cc3c(cc2-c2ccc4c5c6c(ccc5n5c4c2Bc2cc(C(C)(C)C)ccc2-5)C(C)(C)c2ccccc2-6)sc2ccccc23)cc1. The van der Waals surface area contributed by atoms with E-state index < -0.39 is 0 Å². The van der Waals surface area contributed by atoms with Crippen molar-refractivity contribution in [1.29, 1.82) is 0 Å². The first kappa shape index (κ1) is 34.7. The molecule has 0 saturated carbocycles. The van der Waals surface area contributed by atoms with Crippen LogP contribution in [0.1, 0.15) is 77.6 Å². The van der Waals surface area contributed by atoms with Gasteiger partial charge in [-0.05, 0) is 97.7 Å². The van der Waals surface area contributed by atoms with Crippen molar-refractivity contribution < 1.29 is 0 Å². The summed E-state index contributed by atoms with van der Waals surface area (Å²) < 4.78 is 5.25. The molecule has 11 rings (SSSR count). The summed E-state index contributed by atoms with van der Waals surface area (Å²) in [5.41, 5.74) is 19.9. The number of hydrogen-bond acceptors (Lipinski definition) is 2. The largest absolute Gasteiger partial charge is 0.355 e. The summed E-state index contributed by atoms with van der Waals surface area (Å²) in [5, 5.41) is 9.28. The normalized spacial score (nSPS) is 14.2. The minimum Gasteiger partial charge on any atom is -0.355 e. The van der Waals surface area contributed by atoms with E-state index in [9.17, 15) is 0 Å². The molecule has 0 atom stereocenters. The van der Waals surface area contributed by atoms with E-state index in [0.717, 1.165) is 18.7 Å². The van der Waals surface area contributed by atoms with Gasteiger partial charge in [-0.2, -0.15) is 0 Å². The molecule has 1 aliphatic heterocycles. The number of benzene rings is 7. The van der Waals surface area contributed by atoms with E-state index in [1.165, 1.54) is 103 Å². The van der Waals surface area contributed by atoms with Crippen LogP contribution >= 0.6 is 11.3 Å². The van der Waals surface area contributed by atoms with Crippen molar-refractivity contribution in [2.24, 2.45) is 0 Å². The zero-order valence-electron chi connectivity index (χ0n) is 34.2. The smallest absolute Gasteiger partial charge is 0.198 e. The molecular weight excluding hydrogens is 707 g/mol. The van der Waals surface area contributed by atoms with Gasteiger partial charge < -0.3 is 9.88 Å². The fraction of sp³-hybridized carbons (Fsp3) is 0.208. The molecule has 0 spiro atoms. The van der Waals surface area contributed by atoms with E-state index >= 15 is 0 Å². The third-order valence-corrected chi connectivity index (χ3v) is 14.3. The van der Waals surface area contributed by atoms with Crippen LogP contribution < -0.4 is 16.2 Å². The second kappa shape index (κ2) is 11.7. The maximum atomic E-state index is 3.95. The Balaban J connectivity index is 1.22. The average Bonchev–Trinajstić information content (AvgIpc) is 3.80. The van der Waals surface area contributed by atoms with Gasteiger partial charge >= 0.3 is 0 Å². The van der Waals surface area contributed by atoms with E-state index in [0.29, 0.717) is 0 Å². The summed E-state index contributed by atoms with van der Waals surface area (Å²) in [7, 11) is 0.872. The summed E-state index contributed by atoms with van der Waals surface area (Å²) in [6.45, 7) is 18.6. The van der Waals surface area contributed by atoms with Crippen molar-refractivity contribution in [1.82, 2.24) is 4.57 Å². The zero-order chi connectivity index (χ0) is 39.2. The van der Waals surface area contributed by atoms with E-state index in [1.807, 2.05) is 11.3 Å². The van der Waals surface area contributed by atoms with Crippen LogP contribution in [0, 0.1) is 0 Å². The zero-order valence-corrected chi connectivity index (χ0v) is 35.0. The molecule has 0 bridgehead atoms. The van der Waals surface area contributed by atoms with E-state index in [2.05, 4.69) is 193 Å². The lowest BCUT2D eigenvalue weighted by molar-refractivity contribution is 0.590. The molecule has 0 saturated heterocycles. The molecule has 57 heavy (non-hydrogen) atoms. The number of thiophene rings is 1. The van der Waals surface area contributed by atoms with Crippen molar-refractivity contribution in [3.8, 4) is 27.9 Å². The number of nitrogens with zero attached hydrogens (tertiary/aromatic N) is 1. The lowest BCUT2D eigenvalue weighted by Gasteiger charge is -2.27. The molecule has 1 aliphatic carbocycles. The summed E-state index contributed by atoms with van der Waals surface area (Å²) >= 11 is 1.90. The predicted octanol–water partition coefficient (Wildman–Crippen LogP) is 13.2. The lowest BCUT2D eigenvalue weighted by atomic mass is 9.58. The fourth-order valence-electron chi connectivity index (χ4n) is 10.0. The molecule has 0 unspecified atom stereocenters. The van der Waals surface area contributed by atoms with Gasteiger partial charge in [-0.15, -0.1) is 11.3 Å². The molecule has 7 aromatic carbocycles. The first-order valence-electron chi connectivity index (χ1n) is 20.5. The van der Waals surface area contributed by atoms with Gasteiger partial charge in [0.25, 0.3) is 0 Å². The van der Waals surface area contributed by atoms with Crippen molar-refractivity contribution in [3.05, 3.63) is 150 Å². The summed E-state index contributed by atoms with van der Waals surface area (Å²) in [6, 6.07) is 48.8. The highest BCUT2D eigenvalue weighted by Crippen LogP contribution is 2.53. The van der Waals surface area contributed by atoms with E-state index in [1.54, 1.807) is 0 Å². The van der Waals surface area contributed by atoms with Crippen LogP contribution in [0.15, 0.2) is 127 Å². The highest BCUT2D eigenvalue weighted by atomic mass is 32.1. The quantitative estimate of drug-likeness (QED) is 0.178. The maximum Gasteiger partial charge on any atom is 0.198 e. The van der Waals surface area contributed by atoms with Gasteiger partial charge in [0.15, 0.2) is 7.28 Å². The number of fused-ring (bicyclic) bond motifs is 12. The van der Waals surface area contributed by atoms with Crippen LogP contribution in [0.5, 0.6) is 0 Å². The van der Waals surface area contributed by atoms with Crippen LogP contribution in [-0.4, -0.2) is 11.8 Å². The van der Waals surface area contributed by atoms with Crippen LogP contribution in [0.25, 0.3) is 69.9 Å². The van der Waals surface area contributed by atoms with Gasteiger partial charge in [0.2, 0.25) is 0 Å². The van der Waals surface area contributed by atoms with Gasteiger partial charge in [0, 0.05) is 64.5 Å². The van der Waals surface area contributed by atoms with Crippen molar-refractivity contribution >= 4 is 82.9 Å². The van der Waals surface area contributed by atoms with Crippen molar-refractivity contribution in [2.45, 2.75) is 71.6 Å². The Morgan fingerprint density at radius 1 is 0.596 bits per heavy atom. The fourth-order valence-corrected chi connectivity index (χ4v) is 11.2. The van der Waals surface area contributed by atoms with Gasteiger partial charge in [-0.25, -0.2) is 0 Å². The first-order valence-corrected chi connectivity index (χ1v) is 21.3. The van der Waals surface area contributed by atoms with Crippen LogP contribution in [-0.2, 0) is 16.2 Å². The molecule has 9 aromatic rings. The standard InChI is InChI=1S/C53H47BN2S/c1-51(2,3)30-17-20-32(21-18-30)55-42-28-38-33-13-10-12-16-45(33)57-46(38)29-37(42)34-22-23-36-48-44(26-24-40-47(48)35-14-9-11-15-39(35)53(40,7)8)56-43-25-19-31(52(4,5)6)27-41(43)54-49(34)50(36)56/h9-29,54-55H,1-8H3. The molecule has 1 N–H and O–H groups in total. The highest BCUT2D eigenvalue weighted by Gasteiger charge is 2.38. The molecule has 0 amide bonds. The molecular formula is C53H47BN2S. The molecule has 2 aromatic heterocycles. The van der Waals surface area contributed by atoms with Crippen molar-refractivity contribution in [2.75, 3.05) is 5.32 Å². The summed E-state index contributed by atoms with van der Waals surface area (Å²) in [5.74, 6) is 0. The Bertz CT molecular complexity index is 3160. The molecule has 278 valence electrons. The van der Waals surface area contributed by atoms with E-state index in [-0.39, 0.29) is 16.2 Å². The summed E-state index contributed by atoms with van der Waals surface area (Å²) in [6.07, 6.45) is 0. The van der Waals surface area contributed by atoms with Crippen LogP contribution in [0.4, 0.5) is 11.4 Å². The van der Waals surface area contributed by atoms with Crippen LogP contribution in [0.2, 0.25) is 0 Å². The Morgan fingerprint density at radius 3 is 2.12 bits per heavy atom.